The smallest absolute Gasteiger partial charge is 0.191 e. The van der Waals surface area contributed by atoms with Gasteiger partial charge in [-0.3, -0.25) is 0 Å². The predicted octanol–water partition coefficient (Wildman–Crippen LogP) is 2.92. The first-order valence-corrected chi connectivity index (χ1v) is 11.0. The van der Waals surface area contributed by atoms with Crippen LogP contribution in [0, 0.1) is 12.8 Å². The van der Waals surface area contributed by atoms with Crippen molar-refractivity contribution < 1.29 is 9.52 Å². The molecule has 1 fully saturated rings. The molecular weight excluding hydrogens is 376 g/mol. The van der Waals surface area contributed by atoms with Gasteiger partial charge >= 0.3 is 0 Å². The molecule has 1 aliphatic rings. The molecule has 1 aliphatic heterocycles. The third-order valence-electron chi connectivity index (χ3n) is 5.65. The van der Waals surface area contributed by atoms with Crippen LogP contribution in [0.4, 0.5) is 0 Å². The second kappa shape index (κ2) is 10.6. The predicted molar refractivity (Wildman–Crippen MR) is 122 cm³/mol. The van der Waals surface area contributed by atoms with Crippen LogP contribution in [0.25, 0.3) is 0 Å². The summed E-state index contributed by atoms with van der Waals surface area (Å²) >= 11 is 0. The van der Waals surface area contributed by atoms with Gasteiger partial charge in [-0.15, -0.1) is 0 Å². The molecule has 0 spiro atoms. The molecule has 3 rings (SSSR count). The fourth-order valence-electron chi connectivity index (χ4n) is 3.83. The Morgan fingerprint density at radius 2 is 2.03 bits per heavy atom. The topological polar surface area (TPSA) is 73.0 Å². The average molecular weight is 413 g/mol. The Morgan fingerprint density at radius 3 is 2.73 bits per heavy atom. The minimum Gasteiger partial charge on any atom is -0.463 e. The maximum Gasteiger partial charge on any atom is 0.191 e. The molecule has 2 heterocycles. The van der Waals surface area contributed by atoms with Crippen LogP contribution < -0.4 is 10.6 Å². The maximum absolute atomic E-state index is 10.7. The average Bonchev–Trinajstić information content (AvgIpc) is 3.39. The Morgan fingerprint density at radius 1 is 1.23 bits per heavy atom. The number of guanidine groups is 1. The van der Waals surface area contributed by atoms with Crippen molar-refractivity contribution in [1.82, 2.24) is 15.5 Å². The molecule has 0 amide bonds. The Balaban J connectivity index is 1.45. The minimum atomic E-state index is -1.13. The van der Waals surface area contributed by atoms with Gasteiger partial charge in [0.2, 0.25) is 0 Å². The summed E-state index contributed by atoms with van der Waals surface area (Å²) in [6.07, 6.45) is 2.30. The highest BCUT2D eigenvalue weighted by Gasteiger charge is 2.27. The van der Waals surface area contributed by atoms with E-state index in [4.69, 9.17) is 4.42 Å². The van der Waals surface area contributed by atoms with Gasteiger partial charge in [-0.05, 0) is 63.8 Å². The number of likely N-dealkylation sites (tertiary alicyclic amines) is 1. The summed E-state index contributed by atoms with van der Waals surface area (Å²) in [5.41, 5.74) is 0.275. The largest absolute Gasteiger partial charge is 0.463 e. The number of aliphatic hydroxyl groups is 1. The van der Waals surface area contributed by atoms with E-state index < -0.39 is 5.60 Å². The second-order valence-corrected chi connectivity index (χ2v) is 8.45. The van der Waals surface area contributed by atoms with Gasteiger partial charge in [0.05, 0.1) is 6.54 Å². The summed E-state index contributed by atoms with van der Waals surface area (Å²) < 4.78 is 5.58. The molecule has 6 nitrogen and oxygen atoms in total. The second-order valence-electron chi connectivity index (χ2n) is 8.45. The van der Waals surface area contributed by atoms with Crippen LogP contribution in [0.1, 0.15) is 37.4 Å². The monoisotopic (exact) mass is 412 g/mol. The molecule has 0 bridgehead atoms. The third-order valence-corrected chi connectivity index (χ3v) is 5.65. The number of hydrogen-bond donors (Lipinski definition) is 3. The lowest BCUT2D eigenvalue weighted by molar-refractivity contribution is 0.0428. The number of furan rings is 1. The Hall–Kier alpha value is -2.31. The summed E-state index contributed by atoms with van der Waals surface area (Å²) in [5.74, 6) is 2.68. The molecule has 164 valence electrons. The van der Waals surface area contributed by atoms with Gasteiger partial charge in [-0.1, -0.05) is 30.3 Å². The van der Waals surface area contributed by atoms with Crippen molar-refractivity contribution in [2.24, 2.45) is 10.9 Å². The van der Waals surface area contributed by atoms with Gasteiger partial charge in [0.25, 0.3) is 0 Å². The fourth-order valence-corrected chi connectivity index (χ4v) is 3.83. The zero-order valence-corrected chi connectivity index (χ0v) is 18.5. The molecule has 3 N–H and O–H groups in total. The van der Waals surface area contributed by atoms with Crippen LogP contribution in [0.2, 0.25) is 0 Å². The van der Waals surface area contributed by atoms with Crippen LogP contribution in [-0.2, 0) is 12.0 Å². The summed E-state index contributed by atoms with van der Waals surface area (Å²) in [6.45, 7) is 10.9. The summed E-state index contributed by atoms with van der Waals surface area (Å²) in [7, 11) is 0. The highest BCUT2D eigenvalue weighted by atomic mass is 16.4. The van der Waals surface area contributed by atoms with Gasteiger partial charge in [0, 0.05) is 26.2 Å². The van der Waals surface area contributed by atoms with Gasteiger partial charge in [0.15, 0.2) is 5.96 Å². The number of nitrogens with zero attached hydrogens (tertiary/aromatic N) is 2. The Labute approximate surface area is 180 Å². The molecule has 30 heavy (non-hydrogen) atoms. The molecule has 6 heteroatoms. The summed E-state index contributed by atoms with van der Waals surface area (Å²) in [5, 5.41) is 17.5. The number of rotatable bonds is 9. The molecule has 0 radical (unpaired) electrons. The first-order chi connectivity index (χ1) is 14.5. The van der Waals surface area contributed by atoms with Crippen molar-refractivity contribution in [3.05, 3.63) is 59.5 Å². The molecule has 2 aromatic rings. The lowest BCUT2D eigenvalue weighted by Crippen LogP contribution is -2.41. The molecule has 2 atom stereocenters. The van der Waals surface area contributed by atoms with Crippen molar-refractivity contribution in [2.45, 2.75) is 39.2 Å². The maximum atomic E-state index is 10.7. The third kappa shape index (κ3) is 6.61. The first-order valence-electron chi connectivity index (χ1n) is 11.0. The van der Waals surface area contributed by atoms with Crippen LogP contribution in [0.5, 0.6) is 0 Å². The number of hydrogen-bond acceptors (Lipinski definition) is 4. The summed E-state index contributed by atoms with van der Waals surface area (Å²) in [4.78, 5) is 7.15. The van der Waals surface area contributed by atoms with Crippen molar-refractivity contribution in [3.63, 3.8) is 0 Å². The number of benzene rings is 1. The number of aliphatic imine (C=N–C) groups is 1. The molecule has 1 aromatic heterocycles. The molecule has 0 saturated carbocycles. The van der Waals surface area contributed by atoms with E-state index in [-0.39, 0.29) is 6.54 Å². The van der Waals surface area contributed by atoms with E-state index in [0.29, 0.717) is 11.7 Å². The lowest BCUT2D eigenvalue weighted by atomic mass is 10.0. The molecule has 0 aliphatic carbocycles. The SMILES string of the molecule is CCNC(=NCC(C)(O)c1ccc(C)o1)NCC1CCN(CCc2ccccc2)C1. The normalized spacial score (nSPS) is 19.6. The van der Waals surface area contributed by atoms with E-state index in [1.54, 1.807) is 6.92 Å². The zero-order chi connectivity index (χ0) is 21.4. The molecule has 1 saturated heterocycles. The highest BCUT2D eigenvalue weighted by Crippen LogP contribution is 2.23. The summed E-state index contributed by atoms with van der Waals surface area (Å²) in [6, 6.07) is 14.4. The highest BCUT2D eigenvalue weighted by molar-refractivity contribution is 5.79. The van der Waals surface area contributed by atoms with Gasteiger partial charge in [-0.2, -0.15) is 0 Å². The van der Waals surface area contributed by atoms with E-state index in [2.05, 4.69) is 50.9 Å². The minimum absolute atomic E-state index is 0.239. The van der Waals surface area contributed by atoms with E-state index in [0.717, 1.165) is 50.9 Å². The molecule has 1 aromatic carbocycles. The number of aryl methyl sites for hydroxylation is 1. The van der Waals surface area contributed by atoms with Crippen molar-refractivity contribution >= 4 is 5.96 Å². The fraction of sp³-hybridized carbons (Fsp3) is 0.542. The van der Waals surface area contributed by atoms with E-state index in [1.807, 2.05) is 26.0 Å². The Bertz CT molecular complexity index is 801. The van der Waals surface area contributed by atoms with E-state index >= 15 is 0 Å². The van der Waals surface area contributed by atoms with Gasteiger partial charge in [0.1, 0.15) is 17.1 Å². The van der Waals surface area contributed by atoms with Crippen molar-refractivity contribution in [3.8, 4) is 0 Å². The van der Waals surface area contributed by atoms with Crippen molar-refractivity contribution in [2.75, 3.05) is 39.3 Å². The van der Waals surface area contributed by atoms with Crippen LogP contribution in [-0.4, -0.2) is 55.2 Å². The van der Waals surface area contributed by atoms with Crippen molar-refractivity contribution in [1.29, 1.82) is 0 Å². The first kappa shape index (κ1) is 22.4. The van der Waals surface area contributed by atoms with Crippen LogP contribution >= 0.6 is 0 Å². The molecule has 2 unspecified atom stereocenters. The van der Waals surface area contributed by atoms with Gasteiger partial charge in [-0.25, -0.2) is 4.99 Å². The van der Waals surface area contributed by atoms with Crippen LogP contribution in [0.3, 0.4) is 0 Å². The molecular formula is C24H36N4O2. The lowest BCUT2D eigenvalue weighted by Gasteiger charge is -2.20. The Kier molecular flexibility index (Phi) is 7.94. The number of nitrogens with one attached hydrogen (secondary N) is 2. The standard InChI is InChI=1S/C24H36N4O2/c1-4-25-23(27-18-24(3,29)22-11-10-19(2)30-22)26-16-21-13-15-28(17-21)14-12-20-8-6-5-7-9-20/h5-11,21,29H,4,12-18H2,1-3H3,(H2,25,26,27). The van der Waals surface area contributed by atoms with E-state index in [1.165, 1.54) is 12.0 Å². The van der Waals surface area contributed by atoms with Gasteiger partial charge < -0.3 is 25.1 Å². The zero-order valence-electron chi connectivity index (χ0n) is 18.5. The van der Waals surface area contributed by atoms with E-state index in [9.17, 15) is 5.11 Å². The quantitative estimate of drug-likeness (QED) is 0.436. The van der Waals surface area contributed by atoms with Crippen LogP contribution in [0.15, 0.2) is 51.9 Å².